The summed E-state index contributed by atoms with van der Waals surface area (Å²) in [5, 5.41) is 15.5. The highest BCUT2D eigenvalue weighted by Gasteiger charge is 2.30. The fourth-order valence-corrected chi connectivity index (χ4v) is 4.95. The van der Waals surface area contributed by atoms with Gasteiger partial charge in [0.25, 0.3) is 0 Å². The molecule has 2 aliphatic rings. The maximum Gasteiger partial charge on any atom is 0.159 e. The van der Waals surface area contributed by atoms with Gasteiger partial charge in [0.15, 0.2) is 5.82 Å². The van der Waals surface area contributed by atoms with Gasteiger partial charge >= 0.3 is 0 Å². The molecule has 164 valence electrons. The van der Waals surface area contributed by atoms with Gasteiger partial charge in [-0.05, 0) is 63.5 Å². The van der Waals surface area contributed by atoms with Crippen molar-refractivity contribution in [3.05, 3.63) is 41.3 Å². The van der Waals surface area contributed by atoms with Gasteiger partial charge in [0, 0.05) is 37.0 Å². The van der Waals surface area contributed by atoms with Gasteiger partial charge in [-0.25, -0.2) is 19.0 Å². The van der Waals surface area contributed by atoms with E-state index in [1.807, 2.05) is 30.9 Å². The molecule has 4 heterocycles. The quantitative estimate of drug-likeness (QED) is 0.697. The molecule has 2 saturated heterocycles. The largest absolute Gasteiger partial charge is 0.391 e. The molecule has 2 aromatic heterocycles. The van der Waals surface area contributed by atoms with Crippen molar-refractivity contribution < 1.29 is 9.50 Å². The molecule has 5 rings (SSSR count). The van der Waals surface area contributed by atoms with Crippen molar-refractivity contribution >= 4 is 16.7 Å². The van der Waals surface area contributed by atoms with Gasteiger partial charge in [0.2, 0.25) is 0 Å². The Bertz CT molecular complexity index is 1110. The van der Waals surface area contributed by atoms with Crippen LogP contribution in [0.3, 0.4) is 0 Å². The van der Waals surface area contributed by atoms with E-state index in [4.69, 9.17) is 0 Å². The summed E-state index contributed by atoms with van der Waals surface area (Å²) in [5.74, 6) is 2.05. The predicted octanol–water partition coefficient (Wildman–Crippen LogP) is 2.76. The van der Waals surface area contributed by atoms with Crippen LogP contribution < -0.4 is 4.90 Å². The number of aliphatic hydroxyl groups is 1. The molecule has 0 amide bonds. The van der Waals surface area contributed by atoms with E-state index in [1.54, 1.807) is 0 Å². The van der Waals surface area contributed by atoms with Gasteiger partial charge in [0.05, 0.1) is 17.8 Å². The Labute approximate surface area is 181 Å². The third kappa shape index (κ3) is 3.78. The summed E-state index contributed by atoms with van der Waals surface area (Å²) in [7, 11) is 1.97. The van der Waals surface area contributed by atoms with E-state index in [0.717, 1.165) is 53.8 Å². The first kappa shape index (κ1) is 20.3. The number of benzene rings is 1. The Balaban J connectivity index is 1.56. The third-order valence-electron chi connectivity index (χ3n) is 6.62. The number of hydrogen-bond donors (Lipinski definition) is 1. The number of rotatable bonds is 3. The van der Waals surface area contributed by atoms with Crippen molar-refractivity contribution in [1.29, 1.82) is 0 Å². The first-order chi connectivity index (χ1) is 14.9. The van der Waals surface area contributed by atoms with E-state index in [0.29, 0.717) is 24.7 Å². The fourth-order valence-electron chi connectivity index (χ4n) is 4.95. The zero-order valence-electron chi connectivity index (χ0n) is 18.3. The van der Waals surface area contributed by atoms with E-state index in [1.165, 1.54) is 0 Å². The van der Waals surface area contributed by atoms with Crippen LogP contribution in [0.4, 0.5) is 10.2 Å². The number of β-amino-alcohol motifs (C(OH)–C–C–N with tert-alkyl or cyclic N) is 1. The van der Waals surface area contributed by atoms with Crippen LogP contribution in [0.2, 0.25) is 0 Å². The molecule has 3 aromatic rings. The lowest BCUT2D eigenvalue weighted by molar-refractivity contribution is 0.139. The topological polar surface area (TPSA) is 70.3 Å². The highest BCUT2D eigenvalue weighted by atomic mass is 19.1. The van der Waals surface area contributed by atoms with Crippen LogP contribution in [-0.2, 0) is 0 Å². The summed E-state index contributed by atoms with van der Waals surface area (Å²) in [4.78, 5) is 13.3. The molecule has 0 aliphatic carbocycles. The van der Waals surface area contributed by atoms with Crippen molar-refractivity contribution in [2.45, 2.75) is 44.9 Å². The Morgan fingerprint density at radius 1 is 1.03 bits per heavy atom. The second-order valence-electron chi connectivity index (χ2n) is 9.02. The lowest BCUT2D eigenvalue weighted by Gasteiger charge is -2.33. The molecule has 0 bridgehead atoms. The second-order valence-corrected chi connectivity index (χ2v) is 9.02. The summed E-state index contributed by atoms with van der Waals surface area (Å²) < 4.78 is 16.7. The van der Waals surface area contributed by atoms with E-state index < -0.39 is 6.17 Å². The Morgan fingerprint density at radius 2 is 1.84 bits per heavy atom. The average Bonchev–Trinajstić information content (AvgIpc) is 3.33. The molecule has 2 aliphatic heterocycles. The summed E-state index contributed by atoms with van der Waals surface area (Å²) in [6.45, 7) is 6.65. The van der Waals surface area contributed by atoms with Crippen LogP contribution >= 0.6 is 0 Å². The molecule has 1 N–H and O–H groups in total. The minimum atomic E-state index is -0.874. The number of halogens is 1. The number of anilines is 1. The smallest absolute Gasteiger partial charge is 0.159 e. The van der Waals surface area contributed by atoms with E-state index in [9.17, 15) is 9.50 Å². The van der Waals surface area contributed by atoms with Gasteiger partial charge in [0.1, 0.15) is 17.8 Å². The number of aryl methyl sites for hydroxylation is 2. The number of likely N-dealkylation sites (tertiary alicyclic amines) is 1. The first-order valence-electron chi connectivity index (χ1n) is 11.0. The van der Waals surface area contributed by atoms with E-state index in [-0.39, 0.29) is 12.0 Å². The van der Waals surface area contributed by atoms with Gasteiger partial charge in [-0.1, -0.05) is 0 Å². The molecule has 7 nitrogen and oxygen atoms in total. The van der Waals surface area contributed by atoms with E-state index in [2.05, 4.69) is 43.9 Å². The fraction of sp³-hybridized carbons (Fsp3) is 0.522. The minimum Gasteiger partial charge on any atom is -0.391 e. The molecular weight excluding hydrogens is 395 g/mol. The highest BCUT2D eigenvalue weighted by Crippen LogP contribution is 2.35. The molecular formula is C23H29FN6O. The van der Waals surface area contributed by atoms with Gasteiger partial charge in [-0.3, -0.25) is 0 Å². The van der Waals surface area contributed by atoms with Crippen LogP contribution in [-0.4, -0.2) is 75.3 Å². The van der Waals surface area contributed by atoms with Gasteiger partial charge < -0.3 is 14.9 Å². The molecule has 2 fully saturated rings. The maximum atomic E-state index is 14.9. The monoisotopic (exact) mass is 424 g/mol. The standard InChI is InChI=1S/C23H29FN6O/c1-14-8-16-11-25-30(21(16)9-19(14)18-5-6-28(3)13-20(18)24)23-10-22(26-15(2)27-23)29-7-4-17(31)12-29/h8-11,17-18,20,31H,4-7,12-13H2,1-3H3/t17-,18+,20+/m1/s1. The first-order valence-corrected chi connectivity index (χ1v) is 11.0. The summed E-state index contributed by atoms with van der Waals surface area (Å²) in [5.41, 5.74) is 3.09. The highest BCUT2D eigenvalue weighted by molar-refractivity contribution is 5.82. The number of aromatic nitrogens is 4. The van der Waals surface area contributed by atoms with Crippen LogP contribution in [0.15, 0.2) is 24.4 Å². The van der Waals surface area contributed by atoms with Crippen LogP contribution in [0.5, 0.6) is 0 Å². The number of hydrogen-bond acceptors (Lipinski definition) is 6. The molecule has 0 unspecified atom stereocenters. The lowest BCUT2D eigenvalue weighted by atomic mass is 9.85. The molecule has 0 spiro atoms. The second kappa shape index (κ2) is 7.84. The van der Waals surface area contributed by atoms with E-state index >= 15 is 0 Å². The third-order valence-corrected chi connectivity index (χ3v) is 6.62. The van der Waals surface area contributed by atoms with Crippen molar-refractivity contribution in [2.24, 2.45) is 0 Å². The average molecular weight is 425 g/mol. The van der Waals surface area contributed by atoms with Crippen molar-refractivity contribution in [3.63, 3.8) is 0 Å². The summed E-state index contributed by atoms with van der Waals surface area (Å²) in [6, 6.07) is 6.12. The number of aliphatic hydroxyl groups excluding tert-OH is 1. The van der Waals surface area contributed by atoms with Gasteiger partial charge in [-0.15, -0.1) is 0 Å². The Kier molecular flexibility index (Phi) is 5.14. The normalized spacial score (nSPS) is 24.9. The molecule has 3 atom stereocenters. The number of fused-ring (bicyclic) bond motifs is 1. The Hall–Kier alpha value is -2.58. The Morgan fingerprint density at radius 3 is 2.58 bits per heavy atom. The predicted molar refractivity (Wildman–Crippen MR) is 119 cm³/mol. The number of nitrogens with zero attached hydrogens (tertiary/aromatic N) is 6. The summed E-state index contributed by atoms with van der Waals surface area (Å²) in [6.07, 6.45) is 2.20. The van der Waals surface area contributed by atoms with Gasteiger partial charge in [-0.2, -0.15) is 5.10 Å². The van der Waals surface area contributed by atoms with Crippen LogP contribution in [0, 0.1) is 13.8 Å². The molecule has 1 aromatic carbocycles. The van der Waals surface area contributed by atoms with Crippen LogP contribution in [0.1, 0.15) is 35.7 Å². The van der Waals surface area contributed by atoms with Crippen molar-refractivity contribution in [3.8, 4) is 5.82 Å². The van der Waals surface area contributed by atoms with Crippen molar-refractivity contribution in [1.82, 2.24) is 24.6 Å². The summed E-state index contributed by atoms with van der Waals surface area (Å²) >= 11 is 0. The number of alkyl halides is 1. The van der Waals surface area contributed by atoms with Crippen LogP contribution in [0.25, 0.3) is 16.7 Å². The SMILES string of the molecule is Cc1nc(N2CC[C@@H](O)C2)cc(-n2ncc3cc(C)c([C@@H]4CCN(C)C[C@@H]4F)cc32)n1. The minimum absolute atomic E-state index is 0.0993. The maximum absolute atomic E-state index is 14.9. The molecule has 0 saturated carbocycles. The van der Waals surface area contributed by atoms with Crippen molar-refractivity contribution in [2.75, 3.05) is 38.1 Å². The lowest BCUT2D eigenvalue weighted by Crippen LogP contribution is -2.38. The zero-order chi connectivity index (χ0) is 21.7. The molecule has 0 radical (unpaired) electrons. The molecule has 31 heavy (non-hydrogen) atoms. The zero-order valence-corrected chi connectivity index (χ0v) is 18.3. The number of piperidine rings is 1. The molecule has 8 heteroatoms.